The van der Waals surface area contributed by atoms with E-state index in [1.165, 1.54) is 0 Å². The van der Waals surface area contributed by atoms with Crippen LogP contribution in [0.4, 0.5) is 5.69 Å². The summed E-state index contributed by atoms with van der Waals surface area (Å²) in [6, 6.07) is 17.8. The molecule has 4 heteroatoms. The number of nitrogens with one attached hydrogen (secondary N) is 1. The van der Waals surface area contributed by atoms with E-state index in [1.54, 1.807) is 0 Å². The lowest BCUT2D eigenvalue weighted by atomic mass is 10.2. The summed E-state index contributed by atoms with van der Waals surface area (Å²) < 4.78 is 0. The SMILES string of the molecule is CN(C(=S)NCc1ccc(Cl)cc1)c1ccccc1. The molecular formula is C15H15ClN2S. The van der Waals surface area contributed by atoms with E-state index in [-0.39, 0.29) is 0 Å². The van der Waals surface area contributed by atoms with Gasteiger partial charge in [0.2, 0.25) is 0 Å². The van der Waals surface area contributed by atoms with Crippen LogP contribution >= 0.6 is 23.8 Å². The van der Waals surface area contributed by atoms with Gasteiger partial charge < -0.3 is 10.2 Å². The van der Waals surface area contributed by atoms with Gasteiger partial charge >= 0.3 is 0 Å². The molecule has 1 N–H and O–H groups in total. The van der Waals surface area contributed by atoms with E-state index in [0.29, 0.717) is 11.7 Å². The molecule has 0 aliphatic heterocycles. The average molecular weight is 291 g/mol. The van der Waals surface area contributed by atoms with Crippen molar-refractivity contribution < 1.29 is 0 Å². The number of rotatable bonds is 3. The third-order valence-corrected chi connectivity index (χ3v) is 3.48. The fraction of sp³-hybridized carbons (Fsp3) is 0.133. The van der Waals surface area contributed by atoms with Crippen LogP contribution in [0.5, 0.6) is 0 Å². The standard InChI is InChI=1S/C15H15ClN2S/c1-18(14-5-3-2-4-6-14)15(19)17-11-12-7-9-13(16)10-8-12/h2-10H,11H2,1H3,(H,17,19). The highest BCUT2D eigenvalue weighted by atomic mass is 35.5. The monoisotopic (exact) mass is 290 g/mol. The van der Waals surface area contributed by atoms with E-state index in [1.807, 2.05) is 66.5 Å². The van der Waals surface area contributed by atoms with E-state index in [0.717, 1.165) is 16.3 Å². The highest BCUT2D eigenvalue weighted by molar-refractivity contribution is 7.80. The average Bonchev–Trinajstić information content (AvgIpc) is 2.46. The van der Waals surface area contributed by atoms with Crippen molar-refractivity contribution in [2.24, 2.45) is 0 Å². The van der Waals surface area contributed by atoms with E-state index in [9.17, 15) is 0 Å². The Hall–Kier alpha value is -1.58. The second-order valence-electron chi connectivity index (χ2n) is 4.18. The maximum Gasteiger partial charge on any atom is 0.173 e. The third kappa shape index (κ3) is 3.94. The second kappa shape index (κ2) is 6.55. The zero-order valence-electron chi connectivity index (χ0n) is 10.6. The highest BCUT2D eigenvalue weighted by Crippen LogP contribution is 2.12. The molecule has 0 aliphatic rings. The number of benzene rings is 2. The van der Waals surface area contributed by atoms with Crippen LogP contribution in [0.25, 0.3) is 0 Å². The van der Waals surface area contributed by atoms with Crippen molar-refractivity contribution >= 4 is 34.6 Å². The summed E-state index contributed by atoms with van der Waals surface area (Å²) >= 11 is 11.2. The summed E-state index contributed by atoms with van der Waals surface area (Å²) in [4.78, 5) is 1.95. The summed E-state index contributed by atoms with van der Waals surface area (Å²) in [5.41, 5.74) is 2.21. The van der Waals surface area contributed by atoms with Crippen LogP contribution in [0.2, 0.25) is 5.02 Å². The van der Waals surface area contributed by atoms with Crippen molar-refractivity contribution in [2.75, 3.05) is 11.9 Å². The minimum Gasteiger partial charge on any atom is -0.358 e. The maximum absolute atomic E-state index is 5.85. The minimum absolute atomic E-state index is 0.688. The Kier molecular flexibility index (Phi) is 4.77. The molecule has 19 heavy (non-hydrogen) atoms. The normalized spacial score (nSPS) is 10.0. The predicted octanol–water partition coefficient (Wildman–Crippen LogP) is 3.85. The van der Waals surface area contributed by atoms with Gasteiger partial charge in [-0.25, -0.2) is 0 Å². The molecule has 0 spiro atoms. The summed E-state index contributed by atoms with van der Waals surface area (Å²) in [6.07, 6.45) is 0. The molecule has 0 saturated heterocycles. The molecule has 0 bridgehead atoms. The number of para-hydroxylation sites is 1. The zero-order valence-corrected chi connectivity index (χ0v) is 12.2. The number of nitrogens with zero attached hydrogens (tertiary/aromatic N) is 1. The van der Waals surface area contributed by atoms with Gasteiger partial charge in [0, 0.05) is 24.3 Å². The van der Waals surface area contributed by atoms with E-state index >= 15 is 0 Å². The molecule has 0 radical (unpaired) electrons. The smallest absolute Gasteiger partial charge is 0.173 e. The maximum atomic E-state index is 5.85. The largest absolute Gasteiger partial charge is 0.358 e. The van der Waals surface area contributed by atoms with Crippen LogP contribution < -0.4 is 10.2 Å². The van der Waals surface area contributed by atoms with Gasteiger partial charge in [-0.15, -0.1) is 0 Å². The van der Waals surface area contributed by atoms with Gasteiger partial charge in [-0.2, -0.15) is 0 Å². The lowest BCUT2D eigenvalue weighted by molar-refractivity contribution is 0.908. The zero-order chi connectivity index (χ0) is 13.7. The molecule has 0 fully saturated rings. The Labute approximate surface area is 124 Å². The van der Waals surface area contributed by atoms with Crippen LogP contribution in [-0.4, -0.2) is 12.2 Å². The minimum atomic E-state index is 0.688. The van der Waals surface area contributed by atoms with Crippen LogP contribution in [0, 0.1) is 0 Å². The first kappa shape index (κ1) is 13.8. The number of anilines is 1. The number of thiocarbonyl (C=S) groups is 1. The molecule has 0 amide bonds. The Morgan fingerprint density at radius 2 is 1.74 bits per heavy atom. The number of halogens is 1. The van der Waals surface area contributed by atoms with Gasteiger partial charge in [0.15, 0.2) is 5.11 Å². The molecule has 2 aromatic carbocycles. The molecule has 2 aromatic rings. The van der Waals surface area contributed by atoms with Gasteiger partial charge in [0.05, 0.1) is 0 Å². The van der Waals surface area contributed by atoms with E-state index < -0.39 is 0 Å². The topological polar surface area (TPSA) is 15.3 Å². The first-order chi connectivity index (χ1) is 9.16. The fourth-order valence-corrected chi connectivity index (χ4v) is 1.97. The summed E-state index contributed by atoms with van der Waals surface area (Å²) in [5.74, 6) is 0. The van der Waals surface area contributed by atoms with Gasteiger partial charge in [-0.3, -0.25) is 0 Å². The second-order valence-corrected chi connectivity index (χ2v) is 5.00. The molecule has 0 heterocycles. The number of hydrogen-bond acceptors (Lipinski definition) is 1. The Morgan fingerprint density at radius 3 is 2.37 bits per heavy atom. The first-order valence-corrected chi connectivity index (χ1v) is 6.76. The lowest BCUT2D eigenvalue weighted by Crippen LogP contribution is -2.36. The third-order valence-electron chi connectivity index (χ3n) is 2.81. The summed E-state index contributed by atoms with van der Waals surface area (Å²) in [5, 5.41) is 4.67. The molecule has 98 valence electrons. The summed E-state index contributed by atoms with van der Waals surface area (Å²) in [6.45, 7) is 0.688. The highest BCUT2D eigenvalue weighted by Gasteiger charge is 2.05. The molecule has 0 saturated carbocycles. The van der Waals surface area contributed by atoms with Crippen molar-refractivity contribution in [3.63, 3.8) is 0 Å². The number of hydrogen-bond donors (Lipinski definition) is 1. The quantitative estimate of drug-likeness (QED) is 0.865. The summed E-state index contributed by atoms with van der Waals surface area (Å²) in [7, 11) is 1.95. The van der Waals surface area contributed by atoms with E-state index in [2.05, 4.69) is 5.32 Å². The van der Waals surface area contributed by atoms with Crippen LogP contribution in [0.1, 0.15) is 5.56 Å². The Morgan fingerprint density at radius 1 is 1.11 bits per heavy atom. The lowest BCUT2D eigenvalue weighted by Gasteiger charge is -2.21. The first-order valence-electron chi connectivity index (χ1n) is 5.98. The molecule has 2 nitrogen and oxygen atoms in total. The predicted molar refractivity (Wildman–Crippen MR) is 85.7 cm³/mol. The van der Waals surface area contributed by atoms with Crippen molar-refractivity contribution in [2.45, 2.75) is 6.54 Å². The molecule has 0 unspecified atom stereocenters. The molecule has 0 atom stereocenters. The van der Waals surface area contributed by atoms with Crippen LogP contribution in [0.15, 0.2) is 54.6 Å². The van der Waals surface area contributed by atoms with Crippen molar-refractivity contribution in [1.82, 2.24) is 5.32 Å². The molecule has 0 aliphatic carbocycles. The van der Waals surface area contributed by atoms with Gasteiger partial charge in [0.1, 0.15) is 0 Å². The van der Waals surface area contributed by atoms with Crippen LogP contribution in [-0.2, 0) is 6.54 Å². The van der Waals surface area contributed by atoms with Gasteiger partial charge in [0.25, 0.3) is 0 Å². The van der Waals surface area contributed by atoms with Crippen molar-refractivity contribution in [3.8, 4) is 0 Å². The van der Waals surface area contributed by atoms with Crippen molar-refractivity contribution in [3.05, 3.63) is 65.2 Å². The Bertz CT molecular complexity index is 540. The van der Waals surface area contributed by atoms with E-state index in [4.69, 9.17) is 23.8 Å². The fourth-order valence-electron chi connectivity index (χ4n) is 1.67. The Balaban J connectivity index is 1.93. The van der Waals surface area contributed by atoms with Crippen molar-refractivity contribution in [1.29, 1.82) is 0 Å². The molecule has 0 aromatic heterocycles. The van der Waals surface area contributed by atoms with Gasteiger partial charge in [-0.05, 0) is 42.0 Å². The van der Waals surface area contributed by atoms with Gasteiger partial charge in [-0.1, -0.05) is 41.9 Å². The molecular weight excluding hydrogens is 276 g/mol. The van der Waals surface area contributed by atoms with Crippen LogP contribution in [0.3, 0.4) is 0 Å². The molecule has 2 rings (SSSR count).